The van der Waals surface area contributed by atoms with E-state index in [-0.39, 0.29) is 16.3 Å². The second-order valence-corrected chi connectivity index (χ2v) is 8.91. The van der Waals surface area contributed by atoms with Gasteiger partial charge in [0.2, 0.25) is 0 Å². The normalized spacial score (nSPS) is 17.1. The van der Waals surface area contributed by atoms with Crippen molar-refractivity contribution in [1.29, 1.82) is 0 Å². The first-order chi connectivity index (χ1) is 17.3. The lowest BCUT2D eigenvalue weighted by Gasteiger charge is -2.23. The number of ether oxygens (including phenoxy) is 2. The van der Waals surface area contributed by atoms with Gasteiger partial charge in [-0.15, -0.1) is 0 Å². The van der Waals surface area contributed by atoms with Crippen LogP contribution in [-0.4, -0.2) is 36.0 Å². The molecule has 1 aliphatic rings. The number of ketones is 1. The third-order valence-corrected chi connectivity index (χ3v) is 6.85. The van der Waals surface area contributed by atoms with E-state index in [4.69, 9.17) is 9.47 Å². The molecule has 0 aliphatic carbocycles. The number of carbonyl (C=O) groups excluding carboxylic acids is 2. The van der Waals surface area contributed by atoms with E-state index < -0.39 is 35.1 Å². The number of nitrogens with zero attached hydrogens (tertiary/aromatic N) is 2. The van der Waals surface area contributed by atoms with Crippen LogP contribution in [0.15, 0.2) is 66.2 Å². The zero-order valence-electron chi connectivity index (χ0n) is 19.0. The molecule has 3 aromatic carbocycles. The van der Waals surface area contributed by atoms with Crippen LogP contribution in [0.1, 0.15) is 17.2 Å². The predicted octanol–water partition coefficient (Wildman–Crippen LogP) is 5.22. The molecule has 0 radical (unpaired) electrons. The van der Waals surface area contributed by atoms with E-state index in [1.165, 1.54) is 49.5 Å². The molecule has 10 heteroatoms. The largest absolute Gasteiger partial charge is 0.507 e. The first kappa shape index (κ1) is 23.4. The van der Waals surface area contributed by atoms with E-state index in [0.29, 0.717) is 27.3 Å². The monoisotopic (exact) mass is 508 g/mol. The number of methoxy groups -OCH3 is 2. The summed E-state index contributed by atoms with van der Waals surface area (Å²) in [5, 5.41) is 11.3. The van der Waals surface area contributed by atoms with Crippen LogP contribution in [0, 0.1) is 11.6 Å². The molecule has 1 unspecified atom stereocenters. The molecular formula is C26H18F2N2O5S. The van der Waals surface area contributed by atoms with Gasteiger partial charge < -0.3 is 14.6 Å². The number of thiazole rings is 1. The van der Waals surface area contributed by atoms with Crippen molar-refractivity contribution in [2.45, 2.75) is 6.04 Å². The molecule has 1 amide bonds. The number of anilines is 1. The van der Waals surface area contributed by atoms with Gasteiger partial charge in [-0.25, -0.2) is 13.8 Å². The minimum absolute atomic E-state index is 0.149. The van der Waals surface area contributed by atoms with E-state index in [0.717, 1.165) is 23.5 Å². The van der Waals surface area contributed by atoms with Gasteiger partial charge in [-0.05, 0) is 60.2 Å². The molecule has 5 rings (SSSR count). The first-order valence-electron chi connectivity index (χ1n) is 10.7. The van der Waals surface area contributed by atoms with Gasteiger partial charge in [-0.2, -0.15) is 0 Å². The number of hydrogen-bond acceptors (Lipinski definition) is 7. The second-order valence-electron chi connectivity index (χ2n) is 7.90. The summed E-state index contributed by atoms with van der Waals surface area (Å²) >= 11 is 1.03. The van der Waals surface area contributed by atoms with Gasteiger partial charge in [0, 0.05) is 5.56 Å². The Kier molecular flexibility index (Phi) is 5.89. The Balaban J connectivity index is 1.75. The first-order valence-corrected chi connectivity index (χ1v) is 11.5. The number of hydrogen-bond donors (Lipinski definition) is 1. The molecule has 1 saturated heterocycles. The molecule has 1 N–H and O–H groups in total. The minimum Gasteiger partial charge on any atom is -0.507 e. The average Bonchev–Trinajstić information content (AvgIpc) is 3.41. The molecule has 1 fully saturated rings. The maximum Gasteiger partial charge on any atom is 0.301 e. The molecule has 7 nitrogen and oxygen atoms in total. The molecule has 182 valence electrons. The van der Waals surface area contributed by atoms with E-state index in [1.807, 2.05) is 0 Å². The number of carbonyl (C=O) groups is 2. The fourth-order valence-corrected chi connectivity index (χ4v) is 5.14. The van der Waals surface area contributed by atoms with Gasteiger partial charge in [0.25, 0.3) is 5.78 Å². The maximum atomic E-state index is 13.8. The number of fused-ring (bicyclic) bond motifs is 1. The summed E-state index contributed by atoms with van der Waals surface area (Å²) < 4.78 is 38.5. The highest BCUT2D eigenvalue weighted by Crippen LogP contribution is 2.45. The summed E-state index contributed by atoms with van der Waals surface area (Å²) in [6, 6.07) is 12.7. The summed E-state index contributed by atoms with van der Waals surface area (Å²) in [6.07, 6.45) is 0. The highest BCUT2D eigenvalue weighted by Gasteiger charge is 2.48. The summed E-state index contributed by atoms with van der Waals surface area (Å²) in [4.78, 5) is 32.2. The topological polar surface area (TPSA) is 89.0 Å². The van der Waals surface area contributed by atoms with Crippen LogP contribution in [0.5, 0.6) is 11.5 Å². The zero-order chi connectivity index (χ0) is 25.6. The number of benzene rings is 3. The average molecular weight is 509 g/mol. The standard InChI is InChI=1S/C26H18F2N2O5S/c1-34-18-10-5-14(11-19(18)35-2)22-21(23(31)13-3-6-15(27)7-4-13)24(32)25(33)30(22)26-29-17-9-8-16(28)12-20(17)36-26/h3-12,22,31H,1-2H3. The van der Waals surface area contributed by atoms with Gasteiger partial charge in [0.05, 0.1) is 36.1 Å². The quantitative estimate of drug-likeness (QED) is 0.226. The second kappa shape index (κ2) is 9.04. The molecule has 2 heterocycles. The van der Waals surface area contributed by atoms with Gasteiger partial charge >= 0.3 is 5.91 Å². The molecule has 1 aliphatic heterocycles. The number of aromatic nitrogens is 1. The predicted molar refractivity (Wildman–Crippen MR) is 130 cm³/mol. The van der Waals surface area contributed by atoms with Crippen LogP contribution in [-0.2, 0) is 9.59 Å². The van der Waals surface area contributed by atoms with Crippen LogP contribution >= 0.6 is 11.3 Å². The highest BCUT2D eigenvalue weighted by molar-refractivity contribution is 7.22. The van der Waals surface area contributed by atoms with Crippen LogP contribution < -0.4 is 14.4 Å². The van der Waals surface area contributed by atoms with Gasteiger partial charge in [0.15, 0.2) is 16.6 Å². The molecular weight excluding hydrogens is 490 g/mol. The SMILES string of the molecule is COc1ccc(C2C(=C(O)c3ccc(F)cc3)C(=O)C(=O)N2c2nc3ccc(F)cc3s2)cc1OC. The third-order valence-electron chi connectivity index (χ3n) is 5.83. The lowest BCUT2D eigenvalue weighted by Crippen LogP contribution is -2.29. The number of rotatable bonds is 5. The minimum atomic E-state index is -1.10. The summed E-state index contributed by atoms with van der Waals surface area (Å²) in [5.74, 6) is -2.55. The Morgan fingerprint density at radius 3 is 2.33 bits per heavy atom. The van der Waals surface area contributed by atoms with Gasteiger partial charge in [0.1, 0.15) is 17.4 Å². The van der Waals surface area contributed by atoms with Crippen LogP contribution in [0.3, 0.4) is 0 Å². The number of aliphatic hydroxyl groups is 1. The van der Waals surface area contributed by atoms with Crippen molar-refractivity contribution in [3.63, 3.8) is 0 Å². The van der Waals surface area contributed by atoms with Gasteiger partial charge in [-0.3, -0.25) is 14.5 Å². The Morgan fingerprint density at radius 1 is 0.944 bits per heavy atom. The number of amides is 1. The molecule has 1 atom stereocenters. The molecule has 0 saturated carbocycles. The van der Waals surface area contributed by atoms with Crippen molar-refractivity contribution < 1.29 is 33.0 Å². The lowest BCUT2D eigenvalue weighted by molar-refractivity contribution is -0.132. The summed E-state index contributed by atoms with van der Waals surface area (Å²) in [7, 11) is 2.91. The molecule has 0 bridgehead atoms. The third kappa shape index (κ3) is 3.85. The van der Waals surface area contributed by atoms with Gasteiger partial charge in [-0.1, -0.05) is 17.4 Å². The van der Waals surface area contributed by atoms with Crippen LogP contribution in [0.4, 0.5) is 13.9 Å². The number of Topliss-reactive ketones (excluding diaryl/α,β-unsaturated/α-hetero) is 1. The van der Waals surface area contributed by atoms with E-state index in [1.54, 1.807) is 18.2 Å². The van der Waals surface area contributed by atoms with E-state index >= 15 is 0 Å². The van der Waals surface area contributed by atoms with E-state index in [9.17, 15) is 23.5 Å². The van der Waals surface area contributed by atoms with Crippen molar-refractivity contribution >= 4 is 44.1 Å². The zero-order valence-corrected chi connectivity index (χ0v) is 19.8. The van der Waals surface area contributed by atoms with Crippen molar-refractivity contribution in [3.05, 3.63) is 89.0 Å². The Hall–Kier alpha value is -4.31. The van der Waals surface area contributed by atoms with E-state index in [2.05, 4.69) is 4.98 Å². The molecule has 4 aromatic rings. The summed E-state index contributed by atoms with van der Waals surface area (Å²) in [5.41, 5.74) is 0.833. The summed E-state index contributed by atoms with van der Waals surface area (Å²) in [6.45, 7) is 0. The number of halogens is 2. The fraction of sp³-hybridized carbons (Fsp3) is 0.115. The van der Waals surface area contributed by atoms with Crippen molar-refractivity contribution in [2.24, 2.45) is 0 Å². The molecule has 0 spiro atoms. The smallest absolute Gasteiger partial charge is 0.301 e. The fourth-order valence-electron chi connectivity index (χ4n) is 4.12. The highest BCUT2D eigenvalue weighted by atomic mass is 32.1. The van der Waals surface area contributed by atoms with Crippen molar-refractivity contribution in [3.8, 4) is 11.5 Å². The Bertz CT molecular complexity index is 1550. The number of aliphatic hydroxyl groups excluding tert-OH is 1. The Labute approximate surface area is 207 Å². The van der Waals surface area contributed by atoms with Crippen LogP contribution in [0.2, 0.25) is 0 Å². The maximum absolute atomic E-state index is 13.8. The molecule has 1 aromatic heterocycles. The van der Waals surface area contributed by atoms with Crippen molar-refractivity contribution in [2.75, 3.05) is 19.1 Å². The Morgan fingerprint density at radius 2 is 1.64 bits per heavy atom. The van der Waals surface area contributed by atoms with Crippen molar-refractivity contribution in [1.82, 2.24) is 4.98 Å². The van der Waals surface area contributed by atoms with Crippen LogP contribution in [0.25, 0.3) is 16.0 Å². The lowest BCUT2D eigenvalue weighted by atomic mass is 9.95. The molecule has 36 heavy (non-hydrogen) atoms.